The smallest absolute Gasteiger partial charge is 0.0628 e. The van der Waals surface area contributed by atoms with E-state index in [-0.39, 0.29) is 12.1 Å². The van der Waals surface area contributed by atoms with E-state index in [1.165, 1.54) is 12.8 Å². The minimum Gasteiger partial charge on any atom is -0.394 e. The lowest BCUT2D eigenvalue weighted by atomic mass is 9.92. The van der Waals surface area contributed by atoms with Crippen molar-refractivity contribution < 1.29 is 5.11 Å². The second kappa shape index (κ2) is 7.21. The number of piperazine rings is 1. The predicted molar refractivity (Wildman–Crippen MR) is 84.0 cm³/mol. The van der Waals surface area contributed by atoms with Crippen molar-refractivity contribution in [2.45, 2.75) is 51.6 Å². The van der Waals surface area contributed by atoms with Crippen LogP contribution < -0.4 is 5.32 Å². The summed E-state index contributed by atoms with van der Waals surface area (Å²) in [4.78, 5) is 5.10. The quantitative estimate of drug-likeness (QED) is 0.701. The summed E-state index contributed by atoms with van der Waals surface area (Å²) in [6, 6.07) is 0.654. The van der Waals surface area contributed by atoms with E-state index in [1.807, 2.05) is 0 Å². The highest BCUT2D eigenvalue weighted by atomic mass is 16.3. The number of rotatable bonds is 8. The van der Waals surface area contributed by atoms with E-state index in [4.69, 9.17) is 0 Å². The van der Waals surface area contributed by atoms with Crippen molar-refractivity contribution in [3.05, 3.63) is 0 Å². The first-order valence-electron chi connectivity index (χ1n) is 8.43. The second-order valence-electron chi connectivity index (χ2n) is 6.92. The molecule has 118 valence electrons. The maximum absolute atomic E-state index is 9.98. The van der Waals surface area contributed by atoms with Crippen LogP contribution in [-0.2, 0) is 0 Å². The highest BCUT2D eigenvalue weighted by Crippen LogP contribution is 2.40. The Morgan fingerprint density at radius 2 is 1.85 bits per heavy atom. The van der Waals surface area contributed by atoms with Crippen molar-refractivity contribution in [1.29, 1.82) is 0 Å². The summed E-state index contributed by atoms with van der Waals surface area (Å²) in [7, 11) is 0. The lowest BCUT2D eigenvalue weighted by molar-refractivity contribution is 0.0517. The summed E-state index contributed by atoms with van der Waals surface area (Å²) in [6.45, 7) is 13.7. The summed E-state index contributed by atoms with van der Waals surface area (Å²) >= 11 is 0. The predicted octanol–water partition coefficient (Wildman–Crippen LogP) is 1.15. The zero-order chi connectivity index (χ0) is 14.6. The van der Waals surface area contributed by atoms with E-state index >= 15 is 0 Å². The van der Waals surface area contributed by atoms with Crippen molar-refractivity contribution in [1.82, 2.24) is 15.1 Å². The van der Waals surface area contributed by atoms with Gasteiger partial charge in [0.25, 0.3) is 0 Å². The molecule has 1 saturated heterocycles. The van der Waals surface area contributed by atoms with Gasteiger partial charge in [-0.2, -0.15) is 0 Å². The molecule has 0 aromatic heterocycles. The van der Waals surface area contributed by atoms with Crippen LogP contribution in [0.2, 0.25) is 0 Å². The molecule has 1 atom stereocenters. The molecule has 1 unspecified atom stereocenters. The van der Waals surface area contributed by atoms with E-state index < -0.39 is 0 Å². The number of aliphatic hydroxyl groups is 1. The molecule has 0 bridgehead atoms. The van der Waals surface area contributed by atoms with Gasteiger partial charge in [0, 0.05) is 38.8 Å². The van der Waals surface area contributed by atoms with E-state index in [1.54, 1.807) is 0 Å². The lowest BCUT2D eigenvalue weighted by Crippen LogP contribution is -2.61. The SMILES string of the molecule is CCCNC(CO)(CN1CCN(C(C)C)CC1)C1CC1. The van der Waals surface area contributed by atoms with Crippen LogP contribution in [0.4, 0.5) is 0 Å². The fraction of sp³-hybridized carbons (Fsp3) is 1.00. The van der Waals surface area contributed by atoms with Crippen molar-refractivity contribution in [3.8, 4) is 0 Å². The Morgan fingerprint density at radius 3 is 2.30 bits per heavy atom. The van der Waals surface area contributed by atoms with Gasteiger partial charge >= 0.3 is 0 Å². The number of aliphatic hydroxyl groups excluding tert-OH is 1. The van der Waals surface area contributed by atoms with Crippen LogP contribution in [0.15, 0.2) is 0 Å². The van der Waals surface area contributed by atoms with Crippen LogP contribution in [-0.4, -0.2) is 72.4 Å². The zero-order valence-corrected chi connectivity index (χ0v) is 13.6. The molecule has 4 nitrogen and oxygen atoms in total. The third-order valence-corrected chi connectivity index (χ3v) is 5.01. The van der Waals surface area contributed by atoms with Gasteiger partial charge in [-0.25, -0.2) is 0 Å². The maximum Gasteiger partial charge on any atom is 0.0628 e. The first-order valence-corrected chi connectivity index (χ1v) is 8.43. The van der Waals surface area contributed by atoms with Gasteiger partial charge in [-0.15, -0.1) is 0 Å². The monoisotopic (exact) mass is 283 g/mol. The van der Waals surface area contributed by atoms with Crippen molar-refractivity contribution in [3.63, 3.8) is 0 Å². The molecule has 4 heteroatoms. The highest BCUT2D eigenvalue weighted by Gasteiger charge is 2.45. The summed E-state index contributed by atoms with van der Waals surface area (Å²) in [5.74, 6) is 0.683. The Hall–Kier alpha value is -0.160. The van der Waals surface area contributed by atoms with Gasteiger partial charge in [-0.1, -0.05) is 6.92 Å². The van der Waals surface area contributed by atoms with Crippen LogP contribution in [0.5, 0.6) is 0 Å². The van der Waals surface area contributed by atoms with Gasteiger partial charge in [0.2, 0.25) is 0 Å². The average Bonchev–Trinajstić information content (AvgIpc) is 3.29. The molecule has 1 aliphatic heterocycles. The minimum atomic E-state index is -0.0456. The first kappa shape index (κ1) is 16.2. The Balaban J connectivity index is 1.88. The third-order valence-electron chi connectivity index (χ3n) is 5.01. The number of nitrogens with one attached hydrogen (secondary N) is 1. The minimum absolute atomic E-state index is 0.0456. The molecule has 2 rings (SSSR count). The molecule has 1 heterocycles. The van der Waals surface area contributed by atoms with E-state index in [2.05, 4.69) is 35.9 Å². The Kier molecular flexibility index (Phi) is 5.84. The average molecular weight is 283 g/mol. The van der Waals surface area contributed by atoms with Gasteiger partial charge in [0.05, 0.1) is 12.1 Å². The molecule has 0 aromatic rings. The fourth-order valence-corrected chi connectivity index (χ4v) is 3.41. The number of hydrogen-bond donors (Lipinski definition) is 2. The summed E-state index contributed by atoms with van der Waals surface area (Å²) in [5, 5.41) is 13.7. The van der Waals surface area contributed by atoms with Crippen LogP contribution in [0, 0.1) is 5.92 Å². The van der Waals surface area contributed by atoms with E-state index in [9.17, 15) is 5.11 Å². The second-order valence-corrected chi connectivity index (χ2v) is 6.92. The summed E-state index contributed by atoms with van der Waals surface area (Å²) < 4.78 is 0. The van der Waals surface area contributed by atoms with Gasteiger partial charge in [-0.05, 0) is 45.6 Å². The highest BCUT2D eigenvalue weighted by molar-refractivity contribution is 5.03. The fourth-order valence-electron chi connectivity index (χ4n) is 3.41. The normalized spacial score (nSPS) is 25.1. The van der Waals surface area contributed by atoms with Crippen molar-refractivity contribution in [2.75, 3.05) is 45.9 Å². The number of nitrogens with zero attached hydrogens (tertiary/aromatic N) is 2. The molecule has 1 saturated carbocycles. The van der Waals surface area contributed by atoms with Crippen LogP contribution in [0.25, 0.3) is 0 Å². The van der Waals surface area contributed by atoms with Gasteiger partial charge in [0.15, 0.2) is 0 Å². The molecule has 0 radical (unpaired) electrons. The molecular formula is C16H33N3O. The molecule has 2 N–H and O–H groups in total. The zero-order valence-electron chi connectivity index (χ0n) is 13.6. The molecule has 0 aromatic carbocycles. The molecule has 2 fully saturated rings. The van der Waals surface area contributed by atoms with Crippen LogP contribution in [0.1, 0.15) is 40.0 Å². The van der Waals surface area contributed by atoms with Crippen LogP contribution >= 0.6 is 0 Å². The molecule has 0 spiro atoms. The van der Waals surface area contributed by atoms with Crippen molar-refractivity contribution >= 4 is 0 Å². The maximum atomic E-state index is 9.98. The first-order chi connectivity index (χ1) is 9.61. The topological polar surface area (TPSA) is 38.7 Å². The number of hydrogen-bond acceptors (Lipinski definition) is 4. The summed E-state index contributed by atoms with van der Waals surface area (Å²) in [5.41, 5.74) is -0.0456. The lowest BCUT2D eigenvalue weighted by Gasteiger charge is -2.43. The molecule has 1 aliphatic carbocycles. The van der Waals surface area contributed by atoms with Gasteiger partial charge in [0.1, 0.15) is 0 Å². The van der Waals surface area contributed by atoms with Crippen molar-refractivity contribution in [2.24, 2.45) is 5.92 Å². The molecule has 0 amide bonds. The molecule has 2 aliphatic rings. The van der Waals surface area contributed by atoms with E-state index in [0.717, 1.165) is 45.7 Å². The Morgan fingerprint density at radius 1 is 1.20 bits per heavy atom. The Bertz CT molecular complexity index is 285. The standard InChI is InChI=1S/C16H33N3O/c1-4-7-17-16(13-20,15-5-6-15)12-18-8-10-19(11-9-18)14(2)3/h14-15,17,20H,4-13H2,1-3H3. The van der Waals surface area contributed by atoms with Crippen LogP contribution in [0.3, 0.4) is 0 Å². The Labute approximate surface area is 124 Å². The largest absolute Gasteiger partial charge is 0.394 e. The molecule has 20 heavy (non-hydrogen) atoms. The van der Waals surface area contributed by atoms with Gasteiger partial charge < -0.3 is 10.4 Å². The van der Waals surface area contributed by atoms with E-state index in [0.29, 0.717) is 12.0 Å². The van der Waals surface area contributed by atoms with Gasteiger partial charge in [-0.3, -0.25) is 9.80 Å². The molecular weight excluding hydrogens is 250 g/mol. The summed E-state index contributed by atoms with van der Waals surface area (Å²) in [6.07, 6.45) is 3.70. The third kappa shape index (κ3) is 3.94.